The van der Waals surface area contributed by atoms with Gasteiger partial charge < -0.3 is 9.64 Å². The zero-order chi connectivity index (χ0) is 18.2. The van der Waals surface area contributed by atoms with Gasteiger partial charge in [-0.3, -0.25) is 4.98 Å². The van der Waals surface area contributed by atoms with Crippen molar-refractivity contribution in [1.29, 1.82) is 5.26 Å². The van der Waals surface area contributed by atoms with Gasteiger partial charge in [0.1, 0.15) is 5.60 Å². The van der Waals surface area contributed by atoms with Gasteiger partial charge in [0, 0.05) is 30.0 Å². The van der Waals surface area contributed by atoms with Gasteiger partial charge in [0.05, 0.1) is 11.5 Å². The molecule has 5 heteroatoms. The van der Waals surface area contributed by atoms with Crippen LogP contribution in [0.3, 0.4) is 0 Å². The average Bonchev–Trinajstić information content (AvgIpc) is 2.85. The van der Waals surface area contributed by atoms with Crippen LogP contribution in [0.5, 0.6) is 0 Å². The molecule has 130 valence electrons. The molecule has 0 spiro atoms. The van der Waals surface area contributed by atoms with Crippen molar-refractivity contribution in [3.05, 3.63) is 29.6 Å². The molecule has 0 unspecified atom stereocenters. The lowest BCUT2D eigenvalue weighted by atomic mass is 9.71. The zero-order valence-corrected chi connectivity index (χ0v) is 15.0. The van der Waals surface area contributed by atoms with Crippen molar-refractivity contribution in [2.45, 2.75) is 69.6 Å². The van der Waals surface area contributed by atoms with Gasteiger partial charge in [-0.1, -0.05) is 5.92 Å². The number of nitriles is 1. The predicted molar refractivity (Wildman–Crippen MR) is 93.6 cm³/mol. The van der Waals surface area contributed by atoms with E-state index in [1.807, 2.05) is 31.7 Å². The van der Waals surface area contributed by atoms with E-state index in [1.54, 1.807) is 12.4 Å². The number of hydrogen-bond acceptors (Lipinski definition) is 4. The highest BCUT2D eigenvalue weighted by Crippen LogP contribution is 2.47. The lowest BCUT2D eigenvalue weighted by molar-refractivity contribution is 0.00232. The molecule has 3 rings (SSSR count). The number of aromatic nitrogens is 1. The van der Waals surface area contributed by atoms with E-state index in [4.69, 9.17) is 11.2 Å². The zero-order valence-electron chi connectivity index (χ0n) is 15.0. The third-order valence-electron chi connectivity index (χ3n) is 5.06. The molecule has 2 saturated heterocycles. The monoisotopic (exact) mass is 337 g/mol. The molecule has 0 N–H and O–H groups in total. The minimum atomic E-state index is -0.649. The fourth-order valence-corrected chi connectivity index (χ4v) is 4.03. The minimum absolute atomic E-state index is 0.0164. The first kappa shape index (κ1) is 17.3. The summed E-state index contributed by atoms with van der Waals surface area (Å²) < 4.78 is 5.57. The Balaban J connectivity index is 1.88. The Morgan fingerprint density at radius 2 is 2.00 bits per heavy atom. The highest BCUT2D eigenvalue weighted by molar-refractivity contribution is 5.70. The van der Waals surface area contributed by atoms with Crippen LogP contribution >= 0.6 is 0 Å². The number of hydrogen-bond donors (Lipinski definition) is 0. The maximum Gasteiger partial charge on any atom is 0.410 e. The number of fused-ring (bicyclic) bond motifs is 2. The van der Waals surface area contributed by atoms with E-state index >= 15 is 0 Å². The Labute approximate surface area is 149 Å². The largest absolute Gasteiger partial charge is 0.444 e. The summed E-state index contributed by atoms with van der Waals surface area (Å²) in [6.45, 7) is 5.61. The maximum atomic E-state index is 12.6. The van der Waals surface area contributed by atoms with E-state index in [0.29, 0.717) is 18.4 Å². The molecule has 2 aliphatic heterocycles. The summed E-state index contributed by atoms with van der Waals surface area (Å²) in [6.07, 6.45) is 11.5. The van der Waals surface area contributed by atoms with Crippen LogP contribution in [0, 0.1) is 23.7 Å². The third-order valence-corrected chi connectivity index (χ3v) is 5.06. The molecule has 0 saturated carbocycles. The van der Waals surface area contributed by atoms with E-state index in [-0.39, 0.29) is 18.2 Å². The SMILES string of the molecule is C#Cc1cncc([C@]2(C#N)C[C@H]3CC[C@@H](C2)N3C(=O)OC(C)(C)C)c1. The Hall–Kier alpha value is -2.53. The standard InChI is InChI=1S/C20H23N3O2/c1-5-14-8-15(12-22-11-14)20(13-21)9-16-6-7-17(10-20)23(16)18(24)25-19(2,3)4/h1,8,11-12,16-17H,6-7,9-10H2,2-4H3/t16-,17+,20-. The molecule has 0 aliphatic carbocycles. The van der Waals surface area contributed by atoms with Crippen molar-refractivity contribution in [3.63, 3.8) is 0 Å². The topological polar surface area (TPSA) is 66.2 Å². The van der Waals surface area contributed by atoms with Crippen LogP contribution in [0.1, 0.15) is 57.6 Å². The molecule has 0 radical (unpaired) electrons. The summed E-state index contributed by atoms with van der Waals surface area (Å²) in [5, 5.41) is 9.97. The molecule has 5 nitrogen and oxygen atoms in total. The Morgan fingerprint density at radius 3 is 2.52 bits per heavy atom. The van der Waals surface area contributed by atoms with E-state index < -0.39 is 11.0 Å². The molecule has 0 aromatic carbocycles. The second-order valence-electron chi connectivity index (χ2n) is 7.98. The molecular formula is C20H23N3O2. The van der Waals surface area contributed by atoms with Crippen LogP contribution in [0.4, 0.5) is 4.79 Å². The highest BCUT2D eigenvalue weighted by atomic mass is 16.6. The van der Waals surface area contributed by atoms with Crippen LogP contribution in [0.2, 0.25) is 0 Å². The molecule has 3 atom stereocenters. The first-order valence-electron chi connectivity index (χ1n) is 8.63. The van der Waals surface area contributed by atoms with Gasteiger partial charge in [0.15, 0.2) is 0 Å². The molecule has 1 aromatic heterocycles. The summed E-state index contributed by atoms with van der Waals surface area (Å²) in [5.41, 5.74) is 0.357. The fraction of sp³-hybridized carbons (Fsp3) is 0.550. The number of piperidine rings is 1. The molecular weight excluding hydrogens is 314 g/mol. The van der Waals surface area contributed by atoms with Gasteiger partial charge >= 0.3 is 6.09 Å². The number of rotatable bonds is 1. The Bertz CT molecular complexity index is 752. The first-order chi connectivity index (χ1) is 11.8. The van der Waals surface area contributed by atoms with Crippen molar-refractivity contribution >= 4 is 6.09 Å². The van der Waals surface area contributed by atoms with Gasteiger partial charge in [-0.2, -0.15) is 5.26 Å². The van der Waals surface area contributed by atoms with Gasteiger partial charge in [0.25, 0.3) is 0 Å². The number of carbonyl (C=O) groups excluding carboxylic acids is 1. The number of ether oxygens (including phenoxy) is 1. The van der Waals surface area contributed by atoms with Gasteiger partial charge in [-0.05, 0) is 58.1 Å². The molecule has 2 aliphatic rings. The maximum absolute atomic E-state index is 12.6. The lowest BCUT2D eigenvalue weighted by Gasteiger charge is -2.43. The summed E-state index contributed by atoms with van der Waals surface area (Å²) in [5.74, 6) is 2.58. The summed E-state index contributed by atoms with van der Waals surface area (Å²) >= 11 is 0. The second kappa shape index (κ2) is 6.08. The van der Waals surface area contributed by atoms with Gasteiger partial charge in [0.2, 0.25) is 0 Å². The van der Waals surface area contributed by atoms with E-state index in [9.17, 15) is 10.1 Å². The number of pyridine rings is 1. The molecule has 3 heterocycles. The van der Waals surface area contributed by atoms with Crippen molar-refractivity contribution in [2.75, 3.05) is 0 Å². The number of carbonyl (C=O) groups is 1. The summed E-state index contributed by atoms with van der Waals surface area (Å²) in [6, 6.07) is 4.41. The summed E-state index contributed by atoms with van der Waals surface area (Å²) in [4.78, 5) is 18.6. The van der Waals surface area contributed by atoms with Crippen LogP contribution in [0.25, 0.3) is 0 Å². The highest BCUT2D eigenvalue weighted by Gasteiger charge is 2.52. The van der Waals surface area contributed by atoms with Crippen LogP contribution in [0.15, 0.2) is 18.5 Å². The molecule has 2 bridgehead atoms. The van der Waals surface area contributed by atoms with E-state index in [2.05, 4.69) is 17.0 Å². The van der Waals surface area contributed by atoms with Gasteiger partial charge in [-0.25, -0.2) is 4.79 Å². The van der Waals surface area contributed by atoms with Crippen LogP contribution in [-0.4, -0.2) is 33.7 Å². The van der Waals surface area contributed by atoms with Gasteiger partial charge in [-0.15, -0.1) is 6.42 Å². The van der Waals surface area contributed by atoms with Crippen molar-refractivity contribution in [1.82, 2.24) is 9.88 Å². The normalized spacial score (nSPS) is 28.1. The van der Waals surface area contributed by atoms with Crippen molar-refractivity contribution < 1.29 is 9.53 Å². The smallest absolute Gasteiger partial charge is 0.410 e. The number of terminal acetylenes is 1. The Kier molecular flexibility index (Phi) is 4.21. The molecule has 2 fully saturated rings. The third kappa shape index (κ3) is 3.20. The lowest BCUT2D eigenvalue weighted by Crippen LogP contribution is -2.52. The predicted octanol–water partition coefficient (Wildman–Crippen LogP) is 3.39. The molecule has 25 heavy (non-hydrogen) atoms. The second-order valence-corrected chi connectivity index (χ2v) is 7.98. The van der Waals surface area contributed by atoms with Crippen molar-refractivity contribution in [3.8, 4) is 18.4 Å². The number of nitrogens with zero attached hydrogens (tertiary/aromatic N) is 3. The fourth-order valence-electron chi connectivity index (χ4n) is 4.03. The van der Waals surface area contributed by atoms with Crippen LogP contribution in [-0.2, 0) is 10.2 Å². The Morgan fingerprint density at radius 1 is 1.36 bits per heavy atom. The van der Waals surface area contributed by atoms with E-state index in [1.165, 1.54) is 0 Å². The molecule has 1 aromatic rings. The number of amides is 1. The van der Waals surface area contributed by atoms with E-state index in [0.717, 1.165) is 18.4 Å². The first-order valence-corrected chi connectivity index (χ1v) is 8.63. The quantitative estimate of drug-likeness (QED) is 0.737. The molecule has 1 amide bonds. The van der Waals surface area contributed by atoms with Crippen LogP contribution < -0.4 is 0 Å². The minimum Gasteiger partial charge on any atom is -0.444 e. The van der Waals surface area contributed by atoms with Crippen molar-refractivity contribution in [2.24, 2.45) is 0 Å². The average molecular weight is 337 g/mol. The summed E-state index contributed by atoms with van der Waals surface area (Å²) in [7, 11) is 0.